The molecular weight excluding hydrogens is 258 g/mol. The number of pyridine rings is 1. The Bertz CT molecular complexity index is 729. The van der Waals surface area contributed by atoms with Gasteiger partial charge in [0.05, 0.1) is 17.8 Å². The lowest BCUT2D eigenvalue weighted by Gasteiger charge is -2.18. The molecule has 0 saturated heterocycles. The maximum atomic E-state index is 7.71. The molecule has 0 fully saturated rings. The van der Waals surface area contributed by atoms with Gasteiger partial charge < -0.3 is 5.32 Å². The van der Waals surface area contributed by atoms with Gasteiger partial charge in [-0.3, -0.25) is 4.98 Å². The summed E-state index contributed by atoms with van der Waals surface area (Å²) in [5, 5.41) is 4.42. The summed E-state index contributed by atoms with van der Waals surface area (Å²) in [4.78, 5) is 8.41. The molecule has 3 heteroatoms. The predicted octanol–water partition coefficient (Wildman–Crippen LogP) is 5.04. The lowest BCUT2D eigenvalue weighted by molar-refractivity contribution is 0.900. The van der Waals surface area contributed by atoms with E-state index in [4.69, 9.17) is 7.94 Å². The minimum absolute atomic E-state index is 0.247. The molecule has 3 nitrogen and oxygen atoms in total. The van der Waals surface area contributed by atoms with Gasteiger partial charge in [-0.25, -0.2) is 4.85 Å². The second-order valence-electron chi connectivity index (χ2n) is 5.54. The van der Waals surface area contributed by atoms with Gasteiger partial charge in [0.25, 0.3) is 0 Å². The van der Waals surface area contributed by atoms with Crippen molar-refractivity contribution in [2.24, 2.45) is 0 Å². The lowest BCUT2D eigenvalue weighted by atomic mass is 10.00. The number of nitrogens with one attached hydrogen (secondary N) is 1. The van der Waals surface area contributed by atoms with Crippen molar-refractivity contribution >= 4 is 22.3 Å². The van der Waals surface area contributed by atoms with Gasteiger partial charge in [0, 0.05) is 18.5 Å². The summed E-state index contributed by atoms with van der Waals surface area (Å²) < 4.78 is 7.71. The van der Waals surface area contributed by atoms with E-state index in [-0.39, 0.29) is 12.9 Å². The van der Waals surface area contributed by atoms with Crippen molar-refractivity contribution in [1.82, 2.24) is 4.98 Å². The van der Waals surface area contributed by atoms with Crippen LogP contribution >= 0.6 is 0 Å². The van der Waals surface area contributed by atoms with Gasteiger partial charge in [-0.15, -0.1) is 0 Å². The number of nitrogens with zero attached hydrogens (tertiary/aromatic N) is 2. The molecule has 1 aromatic heterocycles. The molecule has 0 aliphatic heterocycles. The molecule has 2 aromatic rings. The van der Waals surface area contributed by atoms with Gasteiger partial charge in [-0.1, -0.05) is 13.8 Å². The van der Waals surface area contributed by atoms with E-state index in [2.05, 4.69) is 42.0 Å². The highest BCUT2D eigenvalue weighted by Gasteiger charge is 2.16. The number of aryl methyl sites for hydroxylation is 3. The van der Waals surface area contributed by atoms with Crippen LogP contribution in [0.2, 0.25) is 0 Å². The summed E-state index contributed by atoms with van der Waals surface area (Å²) in [6.07, 6.45) is 1.61. The molecule has 1 aromatic carbocycles. The molecule has 0 spiro atoms. The van der Waals surface area contributed by atoms with Crippen molar-refractivity contribution in [3.63, 3.8) is 0 Å². The number of anilines is 1. The molecule has 21 heavy (non-hydrogen) atoms. The van der Waals surface area contributed by atoms with Gasteiger partial charge >= 0.3 is 0 Å². The van der Waals surface area contributed by atoms with Crippen molar-refractivity contribution in [3.05, 3.63) is 40.4 Å². The van der Waals surface area contributed by atoms with Crippen LogP contribution < -0.4 is 5.32 Å². The first-order valence-electron chi connectivity index (χ1n) is 8.17. The molecule has 0 bridgehead atoms. The van der Waals surface area contributed by atoms with Crippen LogP contribution in [0.5, 0.6) is 0 Å². The average Bonchev–Trinajstić information content (AvgIpc) is 2.52. The Labute approximate surface area is 128 Å². The monoisotopic (exact) mass is 282 g/mol. The minimum Gasteiger partial charge on any atom is -0.391 e. The molecule has 0 saturated carbocycles. The highest BCUT2D eigenvalue weighted by Crippen LogP contribution is 2.37. The summed E-state index contributed by atoms with van der Waals surface area (Å²) in [7, 11) is 0. The summed E-state index contributed by atoms with van der Waals surface area (Å²) in [5.41, 5.74) is 5.41. The smallest absolute Gasteiger partial charge is 0.231 e. The first-order chi connectivity index (χ1) is 10.5. The van der Waals surface area contributed by atoms with Crippen molar-refractivity contribution in [3.8, 4) is 0 Å². The summed E-state index contributed by atoms with van der Waals surface area (Å²) >= 11 is 0. The van der Waals surface area contributed by atoms with Crippen LogP contribution in [-0.2, 0) is 12.8 Å². The number of hydrogen-bond donors (Lipinski definition) is 1. The van der Waals surface area contributed by atoms with Gasteiger partial charge in [0.15, 0.2) is 0 Å². The second-order valence-corrected chi connectivity index (χ2v) is 5.54. The van der Waals surface area contributed by atoms with Crippen LogP contribution in [-0.4, -0.2) is 11.0 Å². The van der Waals surface area contributed by atoms with Crippen LogP contribution in [0.3, 0.4) is 0 Å². The van der Waals surface area contributed by atoms with Crippen LogP contribution in [0.15, 0.2) is 12.1 Å². The van der Waals surface area contributed by atoms with E-state index in [1.54, 1.807) is 0 Å². The standard InChI is InChI=1S/C18H23N3/c1-7-13-10-14-16(9-12(13)5)21-15(8-2)18(19-6)17(14)20-11(3)4/h9-11H,7-8H2,1-5H3,(H,20,21)/i5D. The van der Waals surface area contributed by atoms with Crippen molar-refractivity contribution < 1.29 is 1.37 Å². The summed E-state index contributed by atoms with van der Waals surface area (Å²) in [6.45, 7) is 16.1. The van der Waals surface area contributed by atoms with E-state index in [1.807, 2.05) is 13.0 Å². The molecule has 2 rings (SSSR count). The third kappa shape index (κ3) is 2.85. The fraction of sp³-hybridized carbons (Fsp3) is 0.444. The molecule has 0 amide bonds. The van der Waals surface area contributed by atoms with E-state index < -0.39 is 0 Å². The third-order valence-corrected chi connectivity index (χ3v) is 3.61. The molecule has 0 unspecified atom stereocenters. The molecule has 0 atom stereocenters. The molecule has 1 N–H and O–H groups in total. The largest absolute Gasteiger partial charge is 0.391 e. The Morgan fingerprint density at radius 3 is 2.62 bits per heavy atom. The second kappa shape index (κ2) is 6.13. The fourth-order valence-corrected chi connectivity index (χ4v) is 2.57. The van der Waals surface area contributed by atoms with Crippen LogP contribution in [0, 0.1) is 13.5 Å². The number of fused-ring (bicyclic) bond motifs is 1. The van der Waals surface area contributed by atoms with Crippen molar-refractivity contribution in [2.75, 3.05) is 5.32 Å². The van der Waals surface area contributed by atoms with Crippen LogP contribution in [0.1, 0.15) is 45.9 Å². The Hall–Kier alpha value is -2.08. The maximum Gasteiger partial charge on any atom is 0.231 e. The molecule has 0 aliphatic rings. The molecule has 0 aliphatic carbocycles. The molecule has 1 heterocycles. The van der Waals surface area contributed by atoms with Gasteiger partial charge in [0.2, 0.25) is 5.69 Å². The minimum atomic E-state index is 0.247. The van der Waals surface area contributed by atoms with Crippen LogP contribution in [0.25, 0.3) is 15.7 Å². The number of rotatable bonds is 4. The van der Waals surface area contributed by atoms with Crippen molar-refractivity contribution in [1.29, 1.82) is 0 Å². The summed E-state index contributed by atoms with van der Waals surface area (Å²) in [5.74, 6) is 0. The topological polar surface area (TPSA) is 29.3 Å². The lowest BCUT2D eigenvalue weighted by Crippen LogP contribution is -2.11. The first-order valence-corrected chi connectivity index (χ1v) is 7.47. The molecule has 110 valence electrons. The van der Waals surface area contributed by atoms with Crippen molar-refractivity contribution in [2.45, 2.75) is 53.5 Å². The third-order valence-electron chi connectivity index (χ3n) is 3.61. The van der Waals surface area contributed by atoms with E-state index in [0.717, 1.165) is 46.3 Å². The molecular formula is C18H23N3. The number of aromatic nitrogens is 1. The SMILES string of the molecule is [2H]Cc1cc2nc(CC)c([N+]#[C-])c(NC(C)C)c2cc1CC. The van der Waals surface area contributed by atoms with Gasteiger partial charge in [0.1, 0.15) is 0 Å². The Kier molecular flexibility index (Phi) is 4.06. The van der Waals surface area contributed by atoms with Gasteiger partial charge in [-0.2, -0.15) is 0 Å². The Balaban J connectivity index is 2.86. The summed E-state index contributed by atoms with van der Waals surface area (Å²) in [6, 6.07) is 4.36. The van der Waals surface area contributed by atoms with Crippen LogP contribution in [0.4, 0.5) is 11.4 Å². The zero-order valence-electron chi connectivity index (χ0n) is 14.2. The fourth-order valence-electron chi connectivity index (χ4n) is 2.57. The normalized spacial score (nSPS) is 11.5. The zero-order valence-corrected chi connectivity index (χ0v) is 13.2. The zero-order chi connectivity index (χ0) is 16.3. The van der Waals surface area contributed by atoms with Gasteiger partial charge in [-0.05, 0) is 56.8 Å². The average molecular weight is 282 g/mol. The number of hydrogen-bond acceptors (Lipinski definition) is 2. The highest BCUT2D eigenvalue weighted by atomic mass is 14.9. The highest BCUT2D eigenvalue weighted by molar-refractivity contribution is 5.99. The predicted molar refractivity (Wildman–Crippen MR) is 90.3 cm³/mol. The Morgan fingerprint density at radius 2 is 2.10 bits per heavy atom. The first kappa shape index (κ1) is 13.9. The molecule has 0 radical (unpaired) electrons. The van der Waals surface area contributed by atoms with E-state index in [0.29, 0.717) is 5.69 Å². The number of benzene rings is 1. The maximum absolute atomic E-state index is 7.71. The van der Waals surface area contributed by atoms with E-state index in [1.165, 1.54) is 0 Å². The quantitative estimate of drug-likeness (QED) is 0.796. The Morgan fingerprint density at radius 1 is 1.33 bits per heavy atom. The van der Waals surface area contributed by atoms with E-state index >= 15 is 0 Å². The van der Waals surface area contributed by atoms with E-state index in [9.17, 15) is 0 Å².